The Kier molecular flexibility index (Phi) is 6.05. The largest absolute Gasteiger partial charge is 0.335 e. The van der Waals surface area contributed by atoms with Crippen LogP contribution in [0.25, 0.3) is 11.4 Å². The molecular weight excluding hydrogens is 378 g/mol. The van der Waals surface area contributed by atoms with Crippen molar-refractivity contribution in [1.82, 2.24) is 14.9 Å². The minimum absolute atomic E-state index is 0.0534. The van der Waals surface area contributed by atoms with Crippen molar-refractivity contribution >= 4 is 16.0 Å². The maximum absolute atomic E-state index is 13.8. The maximum atomic E-state index is 13.8. The molecule has 0 bridgehead atoms. The van der Waals surface area contributed by atoms with Gasteiger partial charge in [-0.05, 0) is 50.7 Å². The van der Waals surface area contributed by atoms with E-state index in [0.29, 0.717) is 12.5 Å². The number of hydrogen-bond donors (Lipinski definition) is 2. The van der Waals surface area contributed by atoms with Crippen molar-refractivity contribution in [2.45, 2.75) is 38.6 Å². The molecule has 27 heavy (non-hydrogen) atoms. The summed E-state index contributed by atoms with van der Waals surface area (Å²) in [5, 5.41) is 6.87. The third-order valence-corrected chi connectivity index (χ3v) is 6.11. The Bertz CT molecular complexity index is 880. The van der Waals surface area contributed by atoms with Gasteiger partial charge in [-0.1, -0.05) is 5.16 Å². The number of rotatable bonds is 7. The molecule has 3 rings (SSSR count). The van der Waals surface area contributed by atoms with E-state index in [-0.39, 0.29) is 29.2 Å². The second-order valence-corrected chi connectivity index (χ2v) is 8.76. The average molecular weight is 400 g/mol. The Morgan fingerprint density at radius 3 is 2.63 bits per heavy atom. The second-order valence-electron chi connectivity index (χ2n) is 6.66. The van der Waals surface area contributed by atoms with Crippen LogP contribution in [0.4, 0.5) is 14.8 Å². The maximum Gasteiger partial charge on any atom is 0.322 e. The number of halogens is 2. The minimum Gasteiger partial charge on any atom is -0.335 e. The zero-order valence-electron chi connectivity index (χ0n) is 14.9. The van der Waals surface area contributed by atoms with Gasteiger partial charge >= 0.3 is 6.01 Å². The lowest BCUT2D eigenvalue weighted by molar-refractivity contribution is 0.330. The first kappa shape index (κ1) is 19.7. The number of benzene rings is 1. The summed E-state index contributed by atoms with van der Waals surface area (Å²) in [6.45, 7) is 2.07. The van der Waals surface area contributed by atoms with Gasteiger partial charge in [0.1, 0.15) is 11.6 Å². The zero-order valence-corrected chi connectivity index (χ0v) is 15.7. The van der Waals surface area contributed by atoms with Gasteiger partial charge in [0, 0.05) is 18.7 Å². The van der Waals surface area contributed by atoms with E-state index in [1.165, 1.54) is 6.07 Å². The van der Waals surface area contributed by atoms with E-state index >= 15 is 0 Å². The molecular formula is C17H22F2N4O3S. The minimum atomic E-state index is -3.16. The van der Waals surface area contributed by atoms with Crippen LogP contribution in [-0.2, 0) is 10.0 Å². The highest BCUT2D eigenvalue weighted by Crippen LogP contribution is 2.27. The quantitative estimate of drug-likeness (QED) is 0.742. The van der Waals surface area contributed by atoms with Crippen molar-refractivity contribution in [3.05, 3.63) is 29.8 Å². The monoisotopic (exact) mass is 400 g/mol. The van der Waals surface area contributed by atoms with Crippen LogP contribution in [0.5, 0.6) is 0 Å². The molecule has 1 aromatic heterocycles. The highest BCUT2D eigenvalue weighted by Gasteiger charge is 2.24. The molecule has 1 fully saturated rings. The van der Waals surface area contributed by atoms with E-state index in [1.807, 2.05) is 0 Å². The van der Waals surface area contributed by atoms with Crippen molar-refractivity contribution in [3.63, 3.8) is 0 Å². The molecule has 7 nitrogen and oxygen atoms in total. The van der Waals surface area contributed by atoms with Crippen LogP contribution in [0.15, 0.2) is 22.7 Å². The number of sulfonamides is 1. The normalized spacial score (nSPS) is 20.6. The molecule has 0 unspecified atom stereocenters. The molecule has 2 N–H and O–H groups in total. The summed E-state index contributed by atoms with van der Waals surface area (Å²) in [6, 6.07) is 3.48. The van der Waals surface area contributed by atoms with Crippen molar-refractivity contribution in [2.24, 2.45) is 5.92 Å². The zero-order chi connectivity index (χ0) is 19.4. The highest BCUT2D eigenvalue weighted by molar-refractivity contribution is 7.89. The molecule has 0 aliphatic heterocycles. The van der Waals surface area contributed by atoms with Crippen molar-refractivity contribution in [2.75, 3.05) is 17.6 Å². The van der Waals surface area contributed by atoms with Gasteiger partial charge in [-0.15, -0.1) is 0 Å². The van der Waals surface area contributed by atoms with Gasteiger partial charge in [0.05, 0.1) is 11.3 Å². The number of nitrogens with zero attached hydrogens (tertiary/aromatic N) is 2. The Labute approximate surface area is 156 Å². The molecule has 2 aromatic rings. The van der Waals surface area contributed by atoms with Crippen LogP contribution in [0.3, 0.4) is 0 Å². The topological polar surface area (TPSA) is 97.1 Å². The molecule has 0 spiro atoms. The molecule has 0 amide bonds. The third-order valence-electron chi connectivity index (χ3n) is 4.74. The van der Waals surface area contributed by atoms with E-state index in [1.54, 1.807) is 6.92 Å². The first-order chi connectivity index (χ1) is 12.9. The van der Waals surface area contributed by atoms with Gasteiger partial charge in [-0.3, -0.25) is 0 Å². The summed E-state index contributed by atoms with van der Waals surface area (Å²) >= 11 is 0. The Balaban J connectivity index is 1.52. The predicted octanol–water partition coefficient (Wildman–Crippen LogP) is 2.92. The fourth-order valence-electron chi connectivity index (χ4n) is 3.09. The number of anilines is 1. The number of hydrogen-bond acceptors (Lipinski definition) is 6. The summed E-state index contributed by atoms with van der Waals surface area (Å²) in [4.78, 5) is 4.12. The van der Waals surface area contributed by atoms with Gasteiger partial charge in [-0.2, -0.15) is 4.98 Å². The van der Waals surface area contributed by atoms with Gasteiger partial charge in [0.15, 0.2) is 0 Å². The smallest absolute Gasteiger partial charge is 0.322 e. The first-order valence-corrected chi connectivity index (χ1v) is 10.5. The van der Waals surface area contributed by atoms with Crippen LogP contribution in [0.1, 0.15) is 32.6 Å². The molecule has 10 heteroatoms. The molecule has 1 saturated carbocycles. The van der Waals surface area contributed by atoms with Crippen LogP contribution >= 0.6 is 0 Å². The molecule has 1 aliphatic carbocycles. The fourth-order valence-corrected chi connectivity index (χ4v) is 3.79. The molecule has 0 saturated heterocycles. The van der Waals surface area contributed by atoms with E-state index < -0.39 is 21.7 Å². The van der Waals surface area contributed by atoms with Gasteiger partial charge < -0.3 is 9.84 Å². The number of nitrogens with one attached hydrogen (secondary N) is 2. The lowest BCUT2D eigenvalue weighted by Crippen LogP contribution is -2.34. The lowest BCUT2D eigenvalue weighted by Gasteiger charge is -2.28. The summed E-state index contributed by atoms with van der Waals surface area (Å²) in [6.07, 6.45) is 3.41. The fraction of sp³-hybridized carbons (Fsp3) is 0.529. The molecule has 1 aromatic carbocycles. The van der Waals surface area contributed by atoms with Gasteiger partial charge in [0.2, 0.25) is 15.8 Å². The Morgan fingerprint density at radius 1 is 1.22 bits per heavy atom. The summed E-state index contributed by atoms with van der Waals surface area (Å²) in [7, 11) is -3.16. The van der Waals surface area contributed by atoms with Crippen LogP contribution in [-0.4, -0.2) is 36.9 Å². The van der Waals surface area contributed by atoms with Gasteiger partial charge in [-0.25, -0.2) is 21.9 Å². The van der Waals surface area contributed by atoms with E-state index in [4.69, 9.17) is 4.52 Å². The first-order valence-electron chi connectivity index (χ1n) is 8.89. The average Bonchev–Trinajstić information content (AvgIpc) is 3.09. The van der Waals surface area contributed by atoms with Crippen molar-refractivity contribution in [1.29, 1.82) is 0 Å². The van der Waals surface area contributed by atoms with Crippen LogP contribution in [0, 0.1) is 17.6 Å². The Morgan fingerprint density at radius 2 is 1.96 bits per heavy atom. The van der Waals surface area contributed by atoms with Crippen LogP contribution < -0.4 is 10.0 Å². The highest BCUT2D eigenvalue weighted by atomic mass is 32.2. The van der Waals surface area contributed by atoms with Crippen molar-refractivity contribution in [3.8, 4) is 11.4 Å². The predicted molar refractivity (Wildman–Crippen MR) is 96.5 cm³/mol. The summed E-state index contributed by atoms with van der Waals surface area (Å²) in [5.74, 6) is -0.986. The molecule has 1 aliphatic rings. The van der Waals surface area contributed by atoms with E-state index in [9.17, 15) is 17.2 Å². The number of aromatic nitrogens is 2. The molecule has 0 atom stereocenters. The standard InChI is InChI=1S/C17H22F2N4O3S/c1-2-27(24,25)20-10-11-3-6-13(7-4-11)21-17-22-16(23-26-17)14-8-5-12(18)9-15(14)19/h5,8-9,11,13,20H,2-4,6-7,10H2,1H3,(H,21,22,23)/t11-,13-. The SMILES string of the molecule is CCS(=O)(=O)NC[C@H]1CC[C@H](Nc2nc(-c3ccc(F)cc3F)no2)CC1. The van der Waals surface area contributed by atoms with E-state index in [0.717, 1.165) is 37.8 Å². The van der Waals surface area contributed by atoms with E-state index in [2.05, 4.69) is 20.2 Å². The van der Waals surface area contributed by atoms with Crippen molar-refractivity contribution < 1.29 is 21.7 Å². The lowest BCUT2D eigenvalue weighted by atomic mass is 9.86. The van der Waals surface area contributed by atoms with Gasteiger partial charge in [0.25, 0.3) is 0 Å². The molecule has 148 valence electrons. The third kappa shape index (κ3) is 5.23. The molecule has 0 radical (unpaired) electrons. The molecule has 1 heterocycles. The summed E-state index contributed by atoms with van der Waals surface area (Å²) < 4.78 is 57.6. The van der Waals surface area contributed by atoms with Crippen LogP contribution in [0.2, 0.25) is 0 Å². The summed E-state index contributed by atoms with van der Waals surface area (Å²) in [5.41, 5.74) is 0.0696. The second kappa shape index (κ2) is 8.30. The Hall–Kier alpha value is -2.07.